The molecule has 0 fully saturated rings. The number of anilines is 1. The second kappa shape index (κ2) is 8.92. The van der Waals surface area contributed by atoms with E-state index in [4.69, 9.17) is 21.1 Å². The zero-order valence-corrected chi connectivity index (χ0v) is 16.4. The van der Waals surface area contributed by atoms with E-state index in [1.807, 2.05) is 19.1 Å². The summed E-state index contributed by atoms with van der Waals surface area (Å²) in [6.07, 6.45) is -0.702. The van der Waals surface area contributed by atoms with Crippen LogP contribution in [0.1, 0.15) is 13.8 Å². The molecule has 132 valence electrons. The molecule has 4 nitrogen and oxygen atoms in total. The zero-order chi connectivity index (χ0) is 18.4. The van der Waals surface area contributed by atoms with Crippen LogP contribution in [0, 0.1) is 0 Å². The van der Waals surface area contributed by atoms with E-state index in [9.17, 15) is 4.79 Å². The van der Waals surface area contributed by atoms with Gasteiger partial charge in [0, 0.05) is 5.02 Å². The van der Waals surface area contributed by atoms with Gasteiger partial charge in [-0.2, -0.15) is 0 Å². The predicted molar refractivity (Wildman–Crippen MR) is 105 cm³/mol. The van der Waals surface area contributed by atoms with Crippen molar-refractivity contribution >= 4 is 39.1 Å². The summed E-state index contributed by atoms with van der Waals surface area (Å²) in [6, 6.07) is 12.4. The molecule has 2 rings (SSSR count). The van der Waals surface area contributed by atoms with Crippen LogP contribution in [0.25, 0.3) is 0 Å². The fraction of sp³-hybridized carbons (Fsp3) is 0.211. The first kappa shape index (κ1) is 19.3. The normalized spacial score (nSPS) is 11.5. The monoisotopic (exact) mass is 423 g/mol. The maximum absolute atomic E-state index is 12.4. The number of halogens is 2. The van der Waals surface area contributed by atoms with Crippen molar-refractivity contribution in [3.8, 4) is 11.5 Å². The number of hydrogen-bond donors (Lipinski definition) is 1. The maximum Gasteiger partial charge on any atom is 0.265 e. The molecule has 1 N–H and O–H groups in total. The average Bonchev–Trinajstić information content (AvgIpc) is 2.56. The summed E-state index contributed by atoms with van der Waals surface area (Å²) < 4.78 is 12.0. The zero-order valence-electron chi connectivity index (χ0n) is 14.0. The molecule has 1 unspecified atom stereocenters. The van der Waals surface area contributed by atoms with E-state index in [1.165, 1.54) is 0 Å². The lowest BCUT2D eigenvalue weighted by Gasteiger charge is -2.17. The van der Waals surface area contributed by atoms with Gasteiger partial charge in [0.1, 0.15) is 18.1 Å². The van der Waals surface area contributed by atoms with Crippen molar-refractivity contribution in [3.63, 3.8) is 0 Å². The topological polar surface area (TPSA) is 47.6 Å². The van der Waals surface area contributed by atoms with Crippen molar-refractivity contribution in [2.45, 2.75) is 20.0 Å². The van der Waals surface area contributed by atoms with Crippen LogP contribution >= 0.6 is 27.5 Å². The molecule has 6 heteroatoms. The van der Waals surface area contributed by atoms with Crippen LogP contribution in [0.5, 0.6) is 11.5 Å². The van der Waals surface area contributed by atoms with Gasteiger partial charge in [-0.05, 0) is 65.7 Å². The van der Waals surface area contributed by atoms with Crippen molar-refractivity contribution in [1.82, 2.24) is 0 Å². The summed E-state index contributed by atoms with van der Waals surface area (Å²) in [4.78, 5) is 12.4. The summed E-state index contributed by atoms with van der Waals surface area (Å²) in [5.41, 5.74) is 1.48. The minimum Gasteiger partial charge on any atom is -0.487 e. The van der Waals surface area contributed by atoms with Gasteiger partial charge in [0.2, 0.25) is 0 Å². The number of benzene rings is 2. The van der Waals surface area contributed by atoms with E-state index in [2.05, 4.69) is 27.8 Å². The third-order valence-electron chi connectivity index (χ3n) is 3.19. The Balaban J connectivity index is 2.05. The van der Waals surface area contributed by atoms with Crippen LogP contribution in [-0.2, 0) is 4.79 Å². The molecule has 0 aliphatic heterocycles. The Morgan fingerprint density at radius 1 is 1.28 bits per heavy atom. The van der Waals surface area contributed by atoms with Crippen molar-refractivity contribution in [1.29, 1.82) is 0 Å². The van der Waals surface area contributed by atoms with Crippen molar-refractivity contribution in [2.24, 2.45) is 0 Å². The summed E-state index contributed by atoms with van der Waals surface area (Å²) in [7, 11) is 0. The number of hydrogen-bond acceptors (Lipinski definition) is 3. The molecule has 0 aliphatic rings. The van der Waals surface area contributed by atoms with Gasteiger partial charge in [-0.1, -0.05) is 30.3 Å². The number of carbonyl (C=O) groups excluding carboxylic acids is 1. The number of para-hydroxylation sites is 2. The van der Waals surface area contributed by atoms with E-state index in [1.54, 1.807) is 37.3 Å². The van der Waals surface area contributed by atoms with E-state index >= 15 is 0 Å². The maximum atomic E-state index is 12.4. The number of nitrogens with one attached hydrogen (secondary N) is 1. The number of amides is 1. The van der Waals surface area contributed by atoms with Gasteiger partial charge < -0.3 is 14.8 Å². The fourth-order valence-corrected chi connectivity index (χ4v) is 2.72. The molecular weight excluding hydrogens is 406 g/mol. The Bertz CT molecular complexity index is 779. The van der Waals surface area contributed by atoms with Crippen LogP contribution < -0.4 is 14.8 Å². The van der Waals surface area contributed by atoms with Gasteiger partial charge in [-0.3, -0.25) is 4.79 Å². The van der Waals surface area contributed by atoms with E-state index < -0.39 is 6.10 Å². The van der Waals surface area contributed by atoms with Crippen molar-refractivity contribution in [2.75, 3.05) is 11.9 Å². The average molecular weight is 425 g/mol. The molecule has 25 heavy (non-hydrogen) atoms. The second-order valence-electron chi connectivity index (χ2n) is 5.57. The number of carbonyl (C=O) groups is 1. The van der Waals surface area contributed by atoms with Gasteiger partial charge in [0.25, 0.3) is 5.91 Å². The van der Waals surface area contributed by atoms with Crippen molar-refractivity contribution in [3.05, 3.63) is 64.1 Å². The summed E-state index contributed by atoms with van der Waals surface area (Å²) >= 11 is 9.28. The standard InChI is InChI=1S/C19H19BrClNO3/c1-12(2)11-24-18-7-5-4-6-16(18)22-19(23)13(3)25-17-9-8-14(21)10-15(17)20/h4-10,13H,1,11H2,2-3H3,(H,22,23). The Hall–Kier alpha value is -1.98. The minimum absolute atomic E-state index is 0.284. The van der Waals surface area contributed by atoms with Crippen LogP contribution in [-0.4, -0.2) is 18.6 Å². The smallest absolute Gasteiger partial charge is 0.265 e. The molecular formula is C19H19BrClNO3. The number of rotatable bonds is 7. The largest absolute Gasteiger partial charge is 0.487 e. The Labute approximate surface area is 160 Å². The highest BCUT2D eigenvalue weighted by atomic mass is 79.9. The highest BCUT2D eigenvalue weighted by molar-refractivity contribution is 9.10. The first-order valence-electron chi connectivity index (χ1n) is 7.65. The molecule has 0 heterocycles. The fourth-order valence-electron chi connectivity index (χ4n) is 1.95. The third-order valence-corrected chi connectivity index (χ3v) is 4.04. The Kier molecular flexibility index (Phi) is 6.91. The Morgan fingerprint density at radius 3 is 2.68 bits per heavy atom. The van der Waals surface area contributed by atoms with E-state index in [-0.39, 0.29) is 5.91 Å². The molecule has 0 bridgehead atoms. The van der Waals surface area contributed by atoms with Gasteiger partial charge in [-0.15, -0.1) is 0 Å². The van der Waals surface area contributed by atoms with Gasteiger partial charge in [-0.25, -0.2) is 0 Å². The molecule has 1 amide bonds. The minimum atomic E-state index is -0.702. The first-order chi connectivity index (χ1) is 11.9. The highest BCUT2D eigenvalue weighted by Crippen LogP contribution is 2.29. The second-order valence-corrected chi connectivity index (χ2v) is 6.86. The first-order valence-corrected chi connectivity index (χ1v) is 8.82. The van der Waals surface area contributed by atoms with Gasteiger partial charge >= 0.3 is 0 Å². The predicted octanol–water partition coefficient (Wildman–Crippen LogP) is 5.46. The molecule has 0 aromatic heterocycles. The quantitative estimate of drug-likeness (QED) is 0.600. The number of ether oxygens (including phenoxy) is 2. The highest BCUT2D eigenvalue weighted by Gasteiger charge is 2.18. The molecule has 2 aromatic carbocycles. The van der Waals surface area contributed by atoms with E-state index in [0.29, 0.717) is 33.3 Å². The van der Waals surface area contributed by atoms with Crippen molar-refractivity contribution < 1.29 is 14.3 Å². The molecule has 0 radical (unpaired) electrons. The lowest BCUT2D eigenvalue weighted by Crippen LogP contribution is -2.30. The van der Waals surface area contributed by atoms with Gasteiger partial charge in [0.05, 0.1) is 10.2 Å². The summed E-state index contributed by atoms with van der Waals surface area (Å²) in [6.45, 7) is 7.74. The van der Waals surface area contributed by atoms with Crippen LogP contribution in [0.4, 0.5) is 5.69 Å². The third kappa shape index (κ3) is 5.80. The molecule has 0 aliphatic carbocycles. The molecule has 1 atom stereocenters. The molecule has 0 saturated heterocycles. The lowest BCUT2D eigenvalue weighted by atomic mass is 10.2. The van der Waals surface area contributed by atoms with E-state index in [0.717, 1.165) is 5.57 Å². The molecule has 0 saturated carbocycles. The van der Waals surface area contributed by atoms with Crippen LogP contribution in [0.2, 0.25) is 5.02 Å². The Morgan fingerprint density at radius 2 is 2.00 bits per heavy atom. The van der Waals surface area contributed by atoms with Crippen LogP contribution in [0.15, 0.2) is 59.1 Å². The SMILES string of the molecule is C=C(C)COc1ccccc1NC(=O)C(C)Oc1ccc(Cl)cc1Br. The van der Waals surface area contributed by atoms with Crippen LogP contribution in [0.3, 0.4) is 0 Å². The lowest BCUT2D eigenvalue weighted by molar-refractivity contribution is -0.122. The molecule has 2 aromatic rings. The molecule has 0 spiro atoms. The van der Waals surface area contributed by atoms with Gasteiger partial charge in [0.15, 0.2) is 6.10 Å². The summed E-state index contributed by atoms with van der Waals surface area (Å²) in [5.74, 6) is 0.839. The summed E-state index contributed by atoms with van der Waals surface area (Å²) in [5, 5.41) is 3.41.